The van der Waals surface area contributed by atoms with Gasteiger partial charge in [-0.1, -0.05) is 23.7 Å². The molecular weight excluding hydrogens is 264 g/mol. The van der Waals surface area contributed by atoms with Crippen LogP contribution < -0.4 is 0 Å². The van der Waals surface area contributed by atoms with E-state index in [0.29, 0.717) is 35.6 Å². The smallest absolute Gasteiger partial charge is 0.318 e. The molecule has 0 radical (unpaired) electrons. The molecule has 1 aliphatic heterocycles. The summed E-state index contributed by atoms with van der Waals surface area (Å²) in [7, 11) is 0. The molecule has 0 saturated carbocycles. The Bertz CT molecular complexity index is 572. The Morgan fingerprint density at radius 3 is 2.58 bits per heavy atom. The lowest BCUT2D eigenvalue weighted by Crippen LogP contribution is -2.27. The fourth-order valence-electron chi connectivity index (χ4n) is 2.64. The number of benzene rings is 1. The maximum absolute atomic E-state index is 12.0. The lowest BCUT2D eigenvalue weighted by molar-refractivity contribution is -0.143. The van der Waals surface area contributed by atoms with Crippen molar-refractivity contribution in [2.45, 2.75) is 31.6 Å². The molecule has 3 nitrogen and oxygen atoms in total. The van der Waals surface area contributed by atoms with E-state index in [9.17, 15) is 9.59 Å². The maximum Gasteiger partial charge on any atom is 0.318 e. The summed E-state index contributed by atoms with van der Waals surface area (Å²) in [6.07, 6.45) is 2.48. The van der Waals surface area contributed by atoms with E-state index in [-0.39, 0.29) is 11.8 Å². The zero-order valence-electron chi connectivity index (χ0n) is 10.3. The van der Waals surface area contributed by atoms with Gasteiger partial charge in [0.25, 0.3) is 0 Å². The first kappa shape index (κ1) is 12.4. The van der Waals surface area contributed by atoms with E-state index in [1.54, 1.807) is 12.1 Å². The topological polar surface area (TPSA) is 43.4 Å². The van der Waals surface area contributed by atoms with E-state index < -0.39 is 5.92 Å². The van der Waals surface area contributed by atoms with Crippen LogP contribution in [0.3, 0.4) is 0 Å². The van der Waals surface area contributed by atoms with Crippen LogP contribution in [0, 0.1) is 0 Å². The quantitative estimate of drug-likeness (QED) is 0.739. The highest BCUT2D eigenvalue weighted by Gasteiger charge is 2.35. The minimum absolute atomic E-state index is 0.118. The molecule has 1 heterocycles. The number of rotatable bonds is 1. The summed E-state index contributed by atoms with van der Waals surface area (Å²) in [5.74, 6) is 0.0491. The van der Waals surface area contributed by atoms with E-state index in [4.69, 9.17) is 16.3 Å². The van der Waals surface area contributed by atoms with Crippen molar-refractivity contribution >= 4 is 23.4 Å². The molecule has 19 heavy (non-hydrogen) atoms. The number of carbonyl (C=O) groups excluding carboxylic acids is 2. The van der Waals surface area contributed by atoms with Crippen molar-refractivity contribution in [1.29, 1.82) is 0 Å². The minimum atomic E-state index is -0.391. The fraction of sp³-hybridized carbons (Fsp3) is 0.333. The Balaban J connectivity index is 1.93. The molecule has 0 fully saturated rings. The molecule has 0 aromatic heterocycles. The van der Waals surface area contributed by atoms with Crippen molar-refractivity contribution in [3.8, 4) is 0 Å². The zero-order valence-corrected chi connectivity index (χ0v) is 11.1. The van der Waals surface area contributed by atoms with Crippen LogP contribution in [0.15, 0.2) is 35.6 Å². The first-order valence-electron chi connectivity index (χ1n) is 6.37. The van der Waals surface area contributed by atoms with Crippen LogP contribution in [0.2, 0.25) is 5.02 Å². The second-order valence-corrected chi connectivity index (χ2v) is 5.34. The third kappa shape index (κ3) is 2.30. The molecule has 4 heteroatoms. The van der Waals surface area contributed by atoms with Crippen molar-refractivity contribution < 1.29 is 14.3 Å². The Kier molecular flexibility index (Phi) is 3.15. The van der Waals surface area contributed by atoms with Crippen molar-refractivity contribution in [3.05, 3.63) is 46.2 Å². The Labute approximate surface area is 116 Å². The highest BCUT2D eigenvalue weighted by atomic mass is 35.5. The zero-order chi connectivity index (χ0) is 13.4. The monoisotopic (exact) mass is 276 g/mol. The van der Waals surface area contributed by atoms with E-state index in [1.165, 1.54) is 0 Å². The van der Waals surface area contributed by atoms with Crippen LogP contribution in [-0.2, 0) is 14.3 Å². The number of hydrogen-bond acceptors (Lipinski definition) is 3. The maximum atomic E-state index is 12.0. The molecule has 0 spiro atoms. The van der Waals surface area contributed by atoms with Crippen LogP contribution in [0.25, 0.3) is 0 Å². The number of Topliss-reactive ketones (excluding diaryl/α,β-unsaturated/α-hetero) is 1. The van der Waals surface area contributed by atoms with Gasteiger partial charge in [-0.2, -0.15) is 0 Å². The van der Waals surface area contributed by atoms with Crippen molar-refractivity contribution in [2.24, 2.45) is 0 Å². The van der Waals surface area contributed by atoms with Gasteiger partial charge in [0.2, 0.25) is 0 Å². The van der Waals surface area contributed by atoms with Crippen LogP contribution in [0.4, 0.5) is 0 Å². The largest absolute Gasteiger partial charge is 0.430 e. The summed E-state index contributed by atoms with van der Waals surface area (Å²) in [4.78, 5) is 23.9. The summed E-state index contributed by atoms with van der Waals surface area (Å²) in [5, 5.41) is 0.626. The number of ether oxygens (including phenoxy) is 1. The van der Waals surface area contributed by atoms with Gasteiger partial charge in [-0.3, -0.25) is 9.59 Å². The fourth-order valence-corrected chi connectivity index (χ4v) is 2.76. The van der Waals surface area contributed by atoms with Gasteiger partial charge in [0.15, 0.2) is 5.78 Å². The second-order valence-electron chi connectivity index (χ2n) is 4.91. The molecule has 1 unspecified atom stereocenters. The Hall–Kier alpha value is -1.61. The van der Waals surface area contributed by atoms with Gasteiger partial charge in [0, 0.05) is 23.4 Å². The predicted molar refractivity (Wildman–Crippen MR) is 70.8 cm³/mol. The van der Waals surface area contributed by atoms with Crippen LogP contribution >= 0.6 is 11.6 Å². The molecule has 98 valence electrons. The van der Waals surface area contributed by atoms with Gasteiger partial charge in [-0.05, 0) is 30.5 Å². The van der Waals surface area contributed by atoms with Crippen molar-refractivity contribution in [2.75, 3.05) is 0 Å². The van der Waals surface area contributed by atoms with Crippen molar-refractivity contribution in [1.82, 2.24) is 0 Å². The van der Waals surface area contributed by atoms with Crippen LogP contribution in [0.5, 0.6) is 0 Å². The summed E-state index contributed by atoms with van der Waals surface area (Å²) < 4.78 is 5.34. The molecule has 1 aliphatic carbocycles. The standard InChI is InChI=1S/C15H13ClO3/c16-10-6-4-9(5-7-10)11-8-12-13(17)2-1-3-14(12)19-15(11)18/h4-7,11H,1-3,8H2. The molecule has 0 saturated heterocycles. The molecule has 2 aliphatic rings. The van der Waals surface area contributed by atoms with Gasteiger partial charge in [-0.15, -0.1) is 0 Å². The van der Waals surface area contributed by atoms with Gasteiger partial charge in [0.1, 0.15) is 5.76 Å². The first-order chi connectivity index (χ1) is 9.15. The molecule has 1 aromatic rings. The van der Waals surface area contributed by atoms with Gasteiger partial charge < -0.3 is 4.74 Å². The molecule has 0 bridgehead atoms. The Morgan fingerprint density at radius 2 is 1.84 bits per heavy atom. The number of allylic oxidation sites excluding steroid dienone is 2. The lowest BCUT2D eigenvalue weighted by Gasteiger charge is -2.28. The second kappa shape index (κ2) is 4.82. The van der Waals surface area contributed by atoms with E-state index in [2.05, 4.69) is 0 Å². The minimum Gasteiger partial charge on any atom is -0.430 e. The third-order valence-electron chi connectivity index (χ3n) is 3.67. The van der Waals surface area contributed by atoms with Gasteiger partial charge in [-0.25, -0.2) is 0 Å². The lowest BCUT2D eigenvalue weighted by atomic mass is 9.84. The number of ketones is 1. The molecule has 0 amide bonds. The Morgan fingerprint density at radius 1 is 1.11 bits per heavy atom. The molecule has 1 atom stereocenters. The van der Waals surface area contributed by atoms with Crippen molar-refractivity contribution in [3.63, 3.8) is 0 Å². The number of esters is 1. The average molecular weight is 277 g/mol. The van der Waals surface area contributed by atoms with E-state index >= 15 is 0 Å². The SMILES string of the molecule is O=C1CCCC2=C1CC(c1ccc(Cl)cc1)C(=O)O2. The molecular formula is C15H13ClO3. The highest BCUT2D eigenvalue weighted by molar-refractivity contribution is 6.30. The number of halogens is 1. The number of carbonyl (C=O) groups is 2. The average Bonchev–Trinajstić information content (AvgIpc) is 2.40. The predicted octanol–water partition coefficient (Wildman–Crippen LogP) is 3.38. The van der Waals surface area contributed by atoms with Gasteiger partial charge in [0.05, 0.1) is 5.92 Å². The first-order valence-corrected chi connectivity index (χ1v) is 6.75. The van der Waals surface area contributed by atoms with Crippen LogP contribution in [0.1, 0.15) is 37.2 Å². The molecule has 3 rings (SSSR count). The summed E-state index contributed by atoms with van der Waals surface area (Å²) >= 11 is 5.84. The molecule has 0 N–H and O–H groups in total. The normalized spacial score (nSPS) is 23.1. The van der Waals surface area contributed by atoms with E-state index in [0.717, 1.165) is 12.0 Å². The third-order valence-corrected chi connectivity index (χ3v) is 3.92. The summed E-state index contributed by atoms with van der Waals surface area (Å²) in [6.45, 7) is 0. The highest BCUT2D eigenvalue weighted by Crippen LogP contribution is 2.37. The molecule has 1 aromatic carbocycles. The number of hydrogen-bond donors (Lipinski definition) is 0. The summed E-state index contributed by atoms with van der Waals surface area (Å²) in [5.41, 5.74) is 1.55. The van der Waals surface area contributed by atoms with Gasteiger partial charge >= 0.3 is 5.97 Å². The summed E-state index contributed by atoms with van der Waals surface area (Å²) in [6, 6.07) is 7.12. The van der Waals surface area contributed by atoms with Crippen LogP contribution in [-0.4, -0.2) is 11.8 Å². The van der Waals surface area contributed by atoms with E-state index in [1.807, 2.05) is 12.1 Å².